The first-order valence-corrected chi connectivity index (χ1v) is 10.7. The Morgan fingerprint density at radius 3 is 2.38 bits per heavy atom. The third-order valence-corrected chi connectivity index (χ3v) is 5.45. The smallest absolute Gasteiger partial charge is 1.00 e. The summed E-state index contributed by atoms with van der Waals surface area (Å²) in [4.78, 5) is 3.77. The second kappa shape index (κ2) is 10.2. The van der Waals surface area contributed by atoms with E-state index < -0.39 is 10.1 Å². The number of nitrogen functional groups attached to an aromatic ring is 1. The van der Waals surface area contributed by atoms with E-state index in [-0.39, 0.29) is 47.3 Å². The third-order valence-electron chi connectivity index (χ3n) is 4.55. The van der Waals surface area contributed by atoms with E-state index in [9.17, 15) is 13.0 Å². The van der Waals surface area contributed by atoms with Gasteiger partial charge in [-0.15, -0.1) is 10.2 Å². The fraction of sp³-hybridized carbons (Fsp3) is 0.0455. The van der Waals surface area contributed by atoms with Gasteiger partial charge in [0.25, 0.3) is 10.1 Å². The zero-order valence-corrected chi connectivity index (χ0v) is 20.0. The maximum absolute atomic E-state index is 11.9. The van der Waals surface area contributed by atoms with E-state index in [0.717, 1.165) is 5.56 Å². The Kier molecular flexibility index (Phi) is 7.60. The van der Waals surface area contributed by atoms with Gasteiger partial charge in [-0.25, -0.2) is 0 Å². The van der Waals surface area contributed by atoms with E-state index in [1.54, 1.807) is 60.9 Å². The van der Waals surface area contributed by atoms with Gasteiger partial charge in [-0.2, -0.15) is 8.42 Å². The maximum atomic E-state index is 11.9. The van der Waals surface area contributed by atoms with Crippen LogP contribution in [0, 0.1) is 0 Å². The van der Waals surface area contributed by atoms with Gasteiger partial charge in [-0.05, 0) is 24.3 Å². The molecule has 1 aromatic heterocycles. The molecule has 0 saturated carbocycles. The summed E-state index contributed by atoms with van der Waals surface area (Å²) in [5.74, 6) is 0.490. The number of pyridine rings is 1. The number of fused-ring (bicyclic) bond motifs is 1. The van der Waals surface area contributed by atoms with Crippen LogP contribution in [0.3, 0.4) is 0 Å². The van der Waals surface area contributed by atoms with Gasteiger partial charge in [-0.1, -0.05) is 42.5 Å². The largest absolute Gasteiger partial charge is 1.00 e. The summed E-state index contributed by atoms with van der Waals surface area (Å²) in [5.41, 5.74) is 7.90. The van der Waals surface area contributed by atoms with Crippen molar-refractivity contribution in [3.63, 3.8) is 0 Å². The van der Waals surface area contributed by atoms with Crippen LogP contribution in [0.1, 0.15) is 6.99 Å². The molecule has 3 aromatic carbocycles. The van der Waals surface area contributed by atoms with Crippen molar-refractivity contribution >= 4 is 38.0 Å². The Morgan fingerprint density at radius 2 is 1.66 bits per heavy atom. The number of hydrogen-bond donors (Lipinski definition) is 2. The fourth-order valence-electron chi connectivity index (χ4n) is 3.06. The number of para-hydroxylation sites is 1. The number of nitrogens with zero attached hydrogens (tertiary/aromatic N) is 3. The minimum absolute atomic E-state index is 0. The predicted octanol–water partition coefficient (Wildman–Crippen LogP) is 2.17. The zero-order chi connectivity index (χ0) is 21.8. The van der Waals surface area contributed by atoms with Crippen molar-refractivity contribution in [2.75, 3.05) is 5.73 Å². The third kappa shape index (κ3) is 5.32. The Bertz CT molecular complexity index is 1390. The molecule has 0 amide bonds. The standard InChI is InChI=1S/C22H18N4O4S.Na.H/c23-22-17-8-2-1-7-16(17)21(31(27,28)29)12-19(22)26-25-18-9-3-4-10-20(18)30-14-15-6-5-11-24-13-15;;/h1-13H,14,23H2,(H,27,28,29);;/q;+1;-1. The monoisotopic (exact) mass is 458 g/mol. The molecule has 0 spiro atoms. The van der Waals surface area contributed by atoms with Crippen LogP contribution in [0.25, 0.3) is 10.8 Å². The van der Waals surface area contributed by atoms with Gasteiger partial charge >= 0.3 is 29.6 Å². The minimum atomic E-state index is -4.49. The average Bonchev–Trinajstić information content (AvgIpc) is 2.78. The topological polar surface area (TPSA) is 127 Å². The summed E-state index contributed by atoms with van der Waals surface area (Å²) in [6, 6.07) is 18.6. The van der Waals surface area contributed by atoms with Crippen LogP contribution >= 0.6 is 0 Å². The van der Waals surface area contributed by atoms with Gasteiger partial charge in [-0.3, -0.25) is 9.54 Å². The summed E-state index contributed by atoms with van der Waals surface area (Å²) in [6.07, 6.45) is 3.39. The van der Waals surface area contributed by atoms with Crippen molar-refractivity contribution in [3.05, 3.63) is 84.7 Å². The first-order valence-electron chi connectivity index (χ1n) is 9.24. The molecule has 0 bridgehead atoms. The number of aromatic nitrogens is 1. The molecule has 0 aliphatic carbocycles. The van der Waals surface area contributed by atoms with Gasteiger partial charge in [0.2, 0.25) is 0 Å². The molecule has 4 rings (SSSR count). The number of ether oxygens (including phenoxy) is 1. The Morgan fingerprint density at radius 1 is 0.969 bits per heavy atom. The van der Waals surface area contributed by atoms with Crippen molar-refractivity contribution in [2.45, 2.75) is 11.5 Å². The van der Waals surface area contributed by atoms with E-state index in [2.05, 4.69) is 15.2 Å². The van der Waals surface area contributed by atoms with E-state index in [1.807, 2.05) is 12.1 Å². The number of anilines is 1. The van der Waals surface area contributed by atoms with Gasteiger partial charge in [0.05, 0.1) is 5.69 Å². The number of azo groups is 1. The molecule has 0 radical (unpaired) electrons. The van der Waals surface area contributed by atoms with Gasteiger partial charge in [0, 0.05) is 28.7 Å². The van der Waals surface area contributed by atoms with Gasteiger partial charge in [0.1, 0.15) is 28.6 Å². The van der Waals surface area contributed by atoms with Crippen molar-refractivity contribution < 1.29 is 48.7 Å². The number of hydrogen-bond acceptors (Lipinski definition) is 7. The van der Waals surface area contributed by atoms with Crippen molar-refractivity contribution in [2.24, 2.45) is 10.2 Å². The molecule has 4 aromatic rings. The van der Waals surface area contributed by atoms with Crippen LogP contribution in [0.2, 0.25) is 0 Å². The number of rotatable bonds is 6. The summed E-state index contributed by atoms with van der Waals surface area (Å²) < 4.78 is 39.2. The molecule has 10 heteroatoms. The molecular formula is C22H19N4NaO4S. The zero-order valence-electron chi connectivity index (χ0n) is 18.2. The molecule has 0 unspecified atom stereocenters. The molecule has 1 heterocycles. The van der Waals surface area contributed by atoms with E-state index >= 15 is 0 Å². The van der Waals surface area contributed by atoms with Crippen LogP contribution in [-0.4, -0.2) is 18.0 Å². The molecule has 3 N–H and O–H groups in total. The van der Waals surface area contributed by atoms with Crippen LogP contribution in [-0.2, 0) is 16.7 Å². The number of benzene rings is 3. The van der Waals surface area contributed by atoms with Crippen LogP contribution in [0.4, 0.5) is 17.1 Å². The summed E-state index contributed by atoms with van der Waals surface area (Å²) in [5, 5.41) is 9.11. The molecule has 8 nitrogen and oxygen atoms in total. The Balaban J connectivity index is 0.00000193. The average molecular weight is 458 g/mol. The molecule has 32 heavy (non-hydrogen) atoms. The predicted molar refractivity (Wildman–Crippen MR) is 118 cm³/mol. The normalized spacial score (nSPS) is 11.4. The van der Waals surface area contributed by atoms with Crippen molar-refractivity contribution in [3.8, 4) is 5.75 Å². The second-order valence-electron chi connectivity index (χ2n) is 6.65. The van der Waals surface area contributed by atoms with Crippen LogP contribution < -0.4 is 40.0 Å². The SMILES string of the molecule is Nc1c(N=Nc2ccccc2OCc2cccnc2)cc(S(=O)(=O)O)c2ccccc12.[H-].[Na+]. The molecular weight excluding hydrogens is 439 g/mol. The van der Waals surface area contributed by atoms with Crippen molar-refractivity contribution in [1.29, 1.82) is 0 Å². The first kappa shape index (κ1) is 23.8. The number of nitrogens with two attached hydrogens (primary N) is 1. The molecule has 0 saturated heterocycles. The van der Waals surface area contributed by atoms with Crippen LogP contribution in [0.15, 0.2) is 94.2 Å². The summed E-state index contributed by atoms with van der Waals surface area (Å²) in [7, 11) is -4.49. The molecule has 0 aliphatic heterocycles. The van der Waals surface area contributed by atoms with Gasteiger partial charge in [0.15, 0.2) is 0 Å². The van der Waals surface area contributed by atoms with Crippen molar-refractivity contribution in [1.82, 2.24) is 4.98 Å². The molecule has 0 fully saturated rings. The first-order chi connectivity index (χ1) is 14.9. The molecule has 158 valence electrons. The summed E-state index contributed by atoms with van der Waals surface area (Å²) >= 11 is 0. The molecule has 0 aliphatic rings. The van der Waals surface area contributed by atoms with E-state index in [1.165, 1.54) is 6.07 Å². The van der Waals surface area contributed by atoms with E-state index in [0.29, 0.717) is 28.8 Å². The molecule has 0 atom stereocenters. The van der Waals surface area contributed by atoms with E-state index in [4.69, 9.17) is 10.5 Å². The Hall–Kier alpha value is -2.82. The second-order valence-corrected chi connectivity index (χ2v) is 8.04. The maximum Gasteiger partial charge on any atom is 1.00 e. The van der Waals surface area contributed by atoms with Crippen LogP contribution in [0.5, 0.6) is 5.75 Å². The fourth-order valence-corrected chi connectivity index (χ4v) is 3.78. The quantitative estimate of drug-likeness (QED) is 0.197. The minimum Gasteiger partial charge on any atom is -1.00 e. The Labute approximate surface area is 208 Å². The summed E-state index contributed by atoms with van der Waals surface area (Å²) in [6.45, 7) is 0.297. The van der Waals surface area contributed by atoms with Gasteiger partial charge < -0.3 is 11.9 Å².